The van der Waals surface area contributed by atoms with Gasteiger partial charge in [0.25, 0.3) is 5.91 Å². The predicted octanol–water partition coefficient (Wildman–Crippen LogP) is 2.66. The Morgan fingerprint density at radius 1 is 1.12 bits per heavy atom. The minimum absolute atomic E-state index is 0.0583. The van der Waals surface area contributed by atoms with E-state index in [2.05, 4.69) is 4.72 Å². The summed E-state index contributed by atoms with van der Waals surface area (Å²) in [5.74, 6) is -0.976. The van der Waals surface area contributed by atoms with Crippen molar-refractivity contribution in [1.82, 2.24) is 9.37 Å². The SMILES string of the molecule is N=C(N)c1ccc2c(c1)[N+]([O-])(Cc1cccc3ccccc13)C(C(=O)NS(=O)(=O)C1CC1)C2. The van der Waals surface area contributed by atoms with E-state index < -0.39 is 31.9 Å². The lowest BCUT2D eigenvalue weighted by Gasteiger charge is -2.43. The summed E-state index contributed by atoms with van der Waals surface area (Å²) in [6.45, 7) is -0.0583. The molecular weight excluding hydrogens is 440 g/mol. The fourth-order valence-corrected chi connectivity index (χ4v) is 5.95. The zero-order chi connectivity index (χ0) is 23.4. The van der Waals surface area contributed by atoms with Crippen LogP contribution in [0.2, 0.25) is 0 Å². The summed E-state index contributed by atoms with van der Waals surface area (Å²) in [6, 6.07) is 17.1. The van der Waals surface area contributed by atoms with Crippen LogP contribution in [0.1, 0.15) is 29.5 Å². The van der Waals surface area contributed by atoms with Gasteiger partial charge in [-0.2, -0.15) is 0 Å². The van der Waals surface area contributed by atoms with Crippen molar-refractivity contribution in [2.24, 2.45) is 5.73 Å². The molecule has 3 aromatic rings. The minimum atomic E-state index is -3.79. The molecule has 0 bridgehead atoms. The van der Waals surface area contributed by atoms with Gasteiger partial charge in [0.05, 0.1) is 5.25 Å². The van der Waals surface area contributed by atoms with Crippen LogP contribution < -0.4 is 15.1 Å². The second-order valence-corrected chi connectivity index (χ2v) is 10.7. The van der Waals surface area contributed by atoms with Crippen molar-refractivity contribution in [1.29, 1.82) is 5.41 Å². The van der Waals surface area contributed by atoms with Gasteiger partial charge in [0.1, 0.15) is 18.1 Å². The zero-order valence-electron chi connectivity index (χ0n) is 17.8. The molecule has 1 aliphatic carbocycles. The van der Waals surface area contributed by atoms with E-state index in [1.807, 2.05) is 42.5 Å². The number of hydroxylamine groups is 2. The molecule has 1 amide bonds. The molecule has 33 heavy (non-hydrogen) atoms. The highest BCUT2D eigenvalue weighted by Gasteiger charge is 2.48. The zero-order valence-corrected chi connectivity index (χ0v) is 18.6. The molecule has 5 rings (SSSR count). The van der Waals surface area contributed by atoms with E-state index in [4.69, 9.17) is 11.1 Å². The molecule has 2 aliphatic rings. The first-order chi connectivity index (χ1) is 15.7. The smallest absolute Gasteiger partial charge is 0.292 e. The van der Waals surface area contributed by atoms with E-state index in [0.29, 0.717) is 29.7 Å². The average Bonchev–Trinajstić information content (AvgIpc) is 3.60. The lowest BCUT2D eigenvalue weighted by atomic mass is 10.0. The second-order valence-electron chi connectivity index (χ2n) is 8.78. The number of rotatable bonds is 6. The molecule has 0 radical (unpaired) electrons. The van der Waals surface area contributed by atoms with Gasteiger partial charge in [0, 0.05) is 29.2 Å². The quantitative estimate of drug-likeness (QED) is 0.223. The number of fused-ring (bicyclic) bond motifs is 2. The van der Waals surface area contributed by atoms with Crippen molar-refractivity contribution < 1.29 is 13.2 Å². The molecule has 2 atom stereocenters. The highest BCUT2D eigenvalue weighted by atomic mass is 32.2. The molecule has 1 fully saturated rings. The first-order valence-corrected chi connectivity index (χ1v) is 12.3. The fourth-order valence-electron chi connectivity index (χ4n) is 4.61. The summed E-state index contributed by atoms with van der Waals surface area (Å²) in [5.41, 5.74) is 7.78. The molecule has 0 aromatic heterocycles. The number of nitrogens with two attached hydrogens (primary N) is 1. The molecule has 170 valence electrons. The number of carbonyl (C=O) groups is 1. The second kappa shape index (κ2) is 7.65. The van der Waals surface area contributed by atoms with Crippen LogP contribution in [-0.4, -0.2) is 31.5 Å². The van der Waals surface area contributed by atoms with Crippen molar-refractivity contribution in [2.75, 3.05) is 0 Å². The van der Waals surface area contributed by atoms with Crippen molar-refractivity contribution >= 4 is 38.2 Å². The molecule has 1 saturated carbocycles. The van der Waals surface area contributed by atoms with Gasteiger partial charge in [-0.3, -0.25) is 10.2 Å². The summed E-state index contributed by atoms with van der Waals surface area (Å²) in [6.07, 6.45) is 1.14. The molecular formula is C24H24N4O4S. The topological polar surface area (TPSA) is 136 Å². The number of hydrogen-bond donors (Lipinski definition) is 3. The number of amides is 1. The highest BCUT2D eigenvalue weighted by Crippen LogP contribution is 2.42. The number of hydrogen-bond acceptors (Lipinski definition) is 5. The standard InChI is InChI=1S/C24H24N4O4S/c25-23(26)17-9-8-16-12-22(24(29)27-33(31,32)19-10-11-19)28(30,21(16)13-17)14-18-6-3-5-15-4-1-2-7-20(15)18/h1-9,13,19,22H,10-12,14H2,(H3,25,26)(H,27,29). The Labute approximate surface area is 191 Å². The third-order valence-electron chi connectivity index (χ3n) is 6.51. The third kappa shape index (κ3) is 3.78. The van der Waals surface area contributed by atoms with Crippen LogP contribution in [0.5, 0.6) is 0 Å². The number of carbonyl (C=O) groups excluding carboxylic acids is 1. The fraction of sp³-hybridized carbons (Fsp3) is 0.250. The molecule has 0 saturated heterocycles. The first-order valence-electron chi connectivity index (χ1n) is 10.8. The van der Waals surface area contributed by atoms with Gasteiger partial charge in [0.2, 0.25) is 10.0 Å². The van der Waals surface area contributed by atoms with Crippen molar-refractivity contribution in [3.63, 3.8) is 0 Å². The Morgan fingerprint density at radius 2 is 1.85 bits per heavy atom. The maximum atomic E-state index is 14.5. The Kier molecular flexibility index (Phi) is 5.00. The molecule has 8 nitrogen and oxygen atoms in total. The van der Waals surface area contributed by atoms with Crippen LogP contribution in [0.3, 0.4) is 0 Å². The number of benzene rings is 3. The van der Waals surface area contributed by atoms with E-state index in [1.54, 1.807) is 18.2 Å². The van der Waals surface area contributed by atoms with Crippen molar-refractivity contribution in [3.8, 4) is 0 Å². The predicted molar refractivity (Wildman–Crippen MR) is 128 cm³/mol. The van der Waals surface area contributed by atoms with E-state index in [0.717, 1.165) is 16.3 Å². The Hall–Kier alpha value is -3.27. The van der Waals surface area contributed by atoms with E-state index >= 15 is 0 Å². The van der Waals surface area contributed by atoms with Gasteiger partial charge in [0.15, 0.2) is 6.04 Å². The number of nitrogen functional groups attached to an aromatic ring is 1. The summed E-state index contributed by atoms with van der Waals surface area (Å²) in [7, 11) is -3.79. The highest BCUT2D eigenvalue weighted by molar-refractivity contribution is 7.90. The summed E-state index contributed by atoms with van der Waals surface area (Å²) in [5, 5.41) is 23.6. The van der Waals surface area contributed by atoms with Gasteiger partial charge in [-0.05, 0) is 23.6 Å². The first kappa shape index (κ1) is 21.6. The molecule has 1 aliphatic heterocycles. The van der Waals surface area contributed by atoms with Crippen molar-refractivity contribution in [3.05, 3.63) is 82.6 Å². The van der Waals surface area contributed by atoms with Gasteiger partial charge < -0.3 is 15.6 Å². The van der Waals surface area contributed by atoms with Crippen LogP contribution in [-0.2, 0) is 27.8 Å². The summed E-state index contributed by atoms with van der Waals surface area (Å²) >= 11 is 0. The van der Waals surface area contributed by atoms with Crippen molar-refractivity contribution in [2.45, 2.75) is 37.1 Å². The van der Waals surface area contributed by atoms with Crippen LogP contribution in [0.25, 0.3) is 10.8 Å². The van der Waals surface area contributed by atoms with Gasteiger partial charge in [-0.15, -0.1) is 0 Å². The van der Waals surface area contributed by atoms with Crippen LogP contribution >= 0.6 is 0 Å². The number of nitrogens with one attached hydrogen (secondary N) is 2. The summed E-state index contributed by atoms with van der Waals surface area (Å²) in [4.78, 5) is 13.2. The summed E-state index contributed by atoms with van der Waals surface area (Å²) < 4.78 is 26.0. The molecule has 0 spiro atoms. The van der Waals surface area contributed by atoms with Gasteiger partial charge in [-0.1, -0.05) is 54.6 Å². The van der Waals surface area contributed by atoms with E-state index in [9.17, 15) is 18.4 Å². The molecule has 4 N–H and O–H groups in total. The molecule has 2 unspecified atom stereocenters. The van der Waals surface area contributed by atoms with E-state index in [-0.39, 0.29) is 18.8 Å². The van der Waals surface area contributed by atoms with Gasteiger partial charge >= 0.3 is 0 Å². The molecule has 1 heterocycles. The average molecular weight is 465 g/mol. The lowest BCUT2D eigenvalue weighted by Crippen LogP contribution is -2.57. The van der Waals surface area contributed by atoms with Crippen LogP contribution in [0.15, 0.2) is 60.7 Å². The Balaban J connectivity index is 1.60. The third-order valence-corrected chi connectivity index (χ3v) is 8.35. The monoisotopic (exact) mass is 464 g/mol. The van der Waals surface area contributed by atoms with Crippen LogP contribution in [0, 0.1) is 10.6 Å². The molecule has 9 heteroatoms. The maximum Gasteiger partial charge on any atom is 0.292 e. The maximum absolute atomic E-state index is 14.5. The van der Waals surface area contributed by atoms with Gasteiger partial charge in [-0.25, -0.2) is 13.1 Å². The Bertz CT molecular complexity index is 1400. The van der Waals surface area contributed by atoms with E-state index in [1.165, 1.54) is 0 Å². The minimum Gasteiger partial charge on any atom is -0.627 e. The molecule has 3 aromatic carbocycles. The number of amidine groups is 1. The van der Waals surface area contributed by atoms with Crippen LogP contribution in [0.4, 0.5) is 5.69 Å². The Morgan fingerprint density at radius 3 is 2.58 bits per heavy atom. The number of quaternary nitrogens is 1. The lowest BCUT2D eigenvalue weighted by molar-refractivity contribution is -0.123. The normalized spacial score (nSPS) is 22.2. The number of nitrogens with zero attached hydrogens (tertiary/aromatic N) is 1. The largest absolute Gasteiger partial charge is 0.627 e. The number of sulfonamides is 1.